The maximum Gasteiger partial charge on any atom is 0.166 e. The Morgan fingerprint density at radius 2 is 2.33 bits per heavy atom. The van der Waals surface area contributed by atoms with Gasteiger partial charge in [0.05, 0.1) is 5.69 Å². The molecular formula is C8H5BrN2O. The molecule has 0 saturated carbocycles. The van der Waals surface area contributed by atoms with Crippen LogP contribution >= 0.6 is 15.9 Å². The normalized spacial score (nSPS) is 10.4. The molecule has 0 aliphatic heterocycles. The van der Waals surface area contributed by atoms with Crippen LogP contribution in [0.3, 0.4) is 0 Å². The highest BCUT2D eigenvalue weighted by Crippen LogP contribution is 2.16. The molecule has 0 bridgehead atoms. The molecule has 3 nitrogen and oxygen atoms in total. The van der Waals surface area contributed by atoms with Gasteiger partial charge in [-0.05, 0) is 28.1 Å². The van der Waals surface area contributed by atoms with Crippen LogP contribution < -0.4 is 0 Å². The zero-order valence-electron chi connectivity index (χ0n) is 6.04. The van der Waals surface area contributed by atoms with E-state index in [9.17, 15) is 4.79 Å². The summed E-state index contributed by atoms with van der Waals surface area (Å²) in [5.74, 6) is 0. The quantitative estimate of drug-likeness (QED) is 0.755. The van der Waals surface area contributed by atoms with Gasteiger partial charge in [0.1, 0.15) is 5.65 Å². The van der Waals surface area contributed by atoms with E-state index in [1.54, 1.807) is 12.3 Å². The monoisotopic (exact) mass is 224 g/mol. The summed E-state index contributed by atoms with van der Waals surface area (Å²) in [6.45, 7) is 0. The van der Waals surface area contributed by atoms with Gasteiger partial charge in [-0.2, -0.15) is 0 Å². The van der Waals surface area contributed by atoms with Crippen LogP contribution in [0.4, 0.5) is 0 Å². The van der Waals surface area contributed by atoms with E-state index in [2.05, 4.69) is 25.9 Å². The fourth-order valence-corrected chi connectivity index (χ4v) is 1.42. The molecule has 2 heterocycles. The second kappa shape index (κ2) is 2.71. The van der Waals surface area contributed by atoms with Crippen molar-refractivity contribution in [1.82, 2.24) is 9.97 Å². The third kappa shape index (κ3) is 1.14. The summed E-state index contributed by atoms with van der Waals surface area (Å²) in [4.78, 5) is 17.4. The average Bonchev–Trinajstić information content (AvgIpc) is 2.46. The first-order valence-corrected chi connectivity index (χ1v) is 4.18. The van der Waals surface area contributed by atoms with Gasteiger partial charge >= 0.3 is 0 Å². The lowest BCUT2D eigenvalue weighted by atomic mass is 10.3. The summed E-state index contributed by atoms with van der Waals surface area (Å²) < 4.78 is 0.909. The van der Waals surface area contributed by atoms with Crippen molar-refractivity contribution in [2.24, 2.45) is 0 Å². The Labute approximate surface area is 76.9 Å². The Kier molecular flexibility index (Phi) is 1.69. The van der Waals surface area contributed by atoms with E-state index in [-0.39, 0.29) is 0 Å². The smallest absolute Gasteiger partial charge is 0.166 e. The van der Waals surface area contributed by atoms with Gasteiger partial charge in [-0.3, -0.25) is 4.79 Å². The summed E-state index contributed by atoms with van der Waals surface area (Å²) in [6, 6.07) is 3.67. The van der Waals surface area contributed by atoms with Gasteiger partial charge in [0.25, 0.3) is 0 Å². The molecule has 0 aliphatic carbocycles. The van der Waals surface area contributed by atoms with E-state index in [1.165, 1.54) is 0 Å². The minimum Gasteiger partial charge on any atom is -0.337 e. The number of fused-ring (bicyclic) bond motifs is 1. The van der Waals surface area contributed by atoms with Crippen LogP contribution in [0.15, 0.2) is 22.8 Å². The summed E-state index contributed by atoms with van der Waals surface area (Å²) in [7, 11) is 0. The molecule has 0 amide bonds. The second-order valence-electron chi connectivity index (χ2n) is 2.43. The second-order valence-corrected chi connectivity index (χ2v) is 3.35. The lowest BCUT2D eigenvalue weighted by molar-refractivity contribution is 0.112. The van der Waals surface area contributed by atoms with Crippen molar-refractivity contribution in [2.75, 3.05) is 0 Å². The number of carbonyl (C=O) groups is 1. The minimum absolute atomic E-state index is 0.551. The molecule has 0 unspecified atom stereocenters. The molecule has 12 heavy (non-hydrogen) atoms. The molecular weight excluding hydrogens is 220 g/mol. The van der Waals surface area contributed by atoms with Crippen LogP contribution in [0.2, 0.25) is 0 Å². The van der Waals surface area contributed by atoms with E-state index in [0.717, 1.165) is 21.8 Å². The molecule has 0 atom stereocenters. The molecule has 0 aromatic carbocycles. The number of carbonyl (C=O) groups excluding carboxylic acids is 1. The minimum atomic E-state index is 0.551. The van der Waals surface area contributed by atoms with Gasteiger partial charge in [-0.15, -0.1) is 0 Å². The highest BCUT2D eigenvalue weighted by molar-refractivity contribution is 9.10. The van der Waals surface area contributed by atoms with Crippen molar-refractivity contribution in [1.29, 1.82) is 0 Å². The number of aldehydes is 1. The van der Waals surface area contributed by atoms with Gasteiger partial charge in [0, 0.05) is 16.1 Å². The van der Waals surface area contributed by atoms with Gasteiger partial charge in [-0.25, -0.2) is 4.98 Å². The molecule has 0 saturated heterocycles. The molecule has 2 rings (SSSR count). The molecule has 0 spiro atoms. The molecule has 2 aromatic heterocycles. The summed E-state index contributed by atoms with van der Waals surface area (Å²) >= 11 is 3.30. The zero-order chi connectivity index (χ0) is 8.55. The Morgan fingerprint density at radius 3 is 3.08 bits per heavy atom. The first kappa shape index (κ1) is 7.49. The molecule has 0 fully saturated rings. The van der Waals surface area contributed by atoms with Crippen LogP contribution in [0.1, 0.15) is 10.5 Å². The van der Waals surface area contributed by atoms with Gasteiger partial charge in [0.15, 0.2) is 6.29 Å². The van der Waals surface area contributed by atoms with Gasteiger partial charge in [-0.1, -0.05) is 0 Å². The Balaban J connectivity index is 2.75. The van der Waals surface area contributed by atoms with Gasteiger partial charge < -0.3 is 4.98 Å². The van der Waals surface area contributed by atoms with Crippen LogP contribution in [0.25, 0.3) is 11.0 Å². The third-order valence-electron chi connectivity index (χ3n) is 1.58. The average molecular weight is 225 g/mol. The van der Waals surface area contributed by atoms with Crippen molar-refractivity contribution in [3.63, 3.8) is 0 Å². The molecule has 2 aromatic rings. The number of aromatic amines is 1. The standard InChI is InChI=1S/C8H5BrN2O/c9-6-1-5-2-7(4-12)11-8(5)10-3-6/h1-4H,(H,10,11). The van der Waals surface area contributed by atoms with E-state index in [0.29, 0.717) is 5.69 Å². The number of pyridine rings is 1. The molecule has 0 radical (unpaired) electrons. The van der Waals surface area contributed by atoms with E-state index in [1.807, 2.05) is 6.07 Å². The SMILES string of the molecule is O=Cc1cc2cc(Br)cnc2[nH]1. The summed E-state index contributed by atoms with van der Waals surface area (Å²) in [5.41, 5.74) is 1.29. The number of rotatable bonds is 1. The number of nitrogens with one attached hydrogen (secondary N) is 1. The van der Waals surface area contributed by atoms with Crippen LogP contribution in [0, 0.1) is 0 Å². The molecule has 4 heteroatoms. The first-order chi connectivity index (χ1) is 5.79. The predicted octanol–water partition coefficient (Wildman–Crippen LogP) is 2.14. The van der Waals surface area contributed by atoms with Crippen molar-refractivity contribution in [2.45, 2.75) is 0 Å². The number of hydrogen-bond donors (Lipinski definition) is 1. The van der Waals surface area contributed by atoms with Crippen LogP contribution in [0.5, 0.6) is 0 Å². The maximum absolute atomic E-state index is 10.4. The van der Waals surface area contributed by atoms with Crippen molar-refractivity contribution >= 4 is 33.2 Å². The fraction of sp³-hybridized carbons (Fsp3) is 0. The summed E-state index contributed by atoms with van der Waals surface area (Å²) in [5, 5.41) is 0.937. The Morgan fingerprint density at radius 1 is 1.50 bits per heavy atom. The number of nitrogens with zero attached hydrogens (tertiary/aromatic N) is 1. The topological polar surface area (TPSA) is 45.8 Å². The molecule has 1 N–H and O–H groups in total. The van der Waals surface area contributed by atoms with E-state index in [4.69, 9.17) is 0 Å². The zero-order valence-corrected chi connectivity index (χ0v) is 7.63. The molecule has 60 valence electrons. The number of hydrogen-bond acceptors (Lipinski definition) is 2. The highest BCUT2D eigenvalue weighted by Gasteiger charge is 2.00. The Bertz CT molecular complexity index is 436. The van der Waals surface area contributed by atoms with E-state index < -0.39 is 0 Å². The summed E-state index contributed by atoms with van der Waals surface area (Å²) in [6.07, 6.45) is 2.46. The van der Waals surface area contributed by atoms with Crippen molar-refractivity contribution < 1.29 is 4.79 Å². The molecule has 0 aliphatic rings. The fourth-order valence-electron chi connectivity index (χ4n) is 1.07. The van der Waals surface area contributed by atoms with Crippen molar-refractivity contribution in [3.05, 3.63) is 28.5 Å². The maximum atomic E-state index is 10.4. The lowest BCUT2D eigenvalue weighted by Crippen LogP contribution is -1.77. The number of aromatic nitrogens is 2. The van der Waals surface area contributed by atoms with Gasteiger partial charge in [0.2, 0.25) is 0 Å². The third-order valence-corrected chi connectivity index (χ3v) is 2.02. The first-order valence-electron chi connectivity index (χ1n) is 3.39. The van der Waals surface area contributed by atoms with E-state index >= 15 is 0 Å². The largest absolute Gasteiger partial charge is 0.337 e. The lowest BCUT2D eigenvalue weighted by Gasteiger charge is -1.88. The predicted molar refractivity (Wildman–Crippen MR) is 49.2 cm³/mol. The Hall–Kier alpha value is -1.16. The number of halogens is 1. The highest BCUT2D eigenvalue weighted by atomic mass is 79.9. The van der Waals surface area contributed by atoms with Crippen molar-refractivity contribution in [3.8, 4) is 0 Å². The van der Waals surface area contributed by atoms with Crippen LogP contribution in [-0.2, 0) is 0 Å². The van der Waals surface area contributed by atoms with Crippen LogP contribution in [-0.4, -0.2) is 16.3 Å². The number of H-pyrrole nitrogens is 1.